The van der Waals surface area contributed by atoms with Gasteiger partial charge in [0, 0.05) is 7.11 Å². The number of carbonyl (C=O) groups excluding carboxylic acids is 4. The smallest absolute Gasteiger partial charge is 0.338 e. The normalized spacial score (nSPS) is 25.8. The van der Waals surface area contributed by atoms with E-state index >= 15 is 0 Å². The first-order valence-corrected chi connectivity index (χ1v) is 11.2. The number of fused-ring (bicyclic) bond motifs is 1. The van der Waals surface area contributed by atoms with E-state index in [-0.39, 0.29) is 16.7 Å². The summed E-state index contributed by atoms with van der Waals surface area (Å²) in [6, 6.07) is 13.0. The number of methoxy groups -OCH3 is 1. The van der Waals surface area contributed by atoms with Crippen molar-refractivity contribution in [2.24, 2.45) is 0 Å². The number of carbonyl (C=O) groups is 4. The molecule has 0 spiro atoms. The number of rotatable bonds is 7. The molecule has 0 aliphatic carbocycles. The van der Waals surface area contributed by atoms with Crippen molar-refractivity contribution in [1.29, 1.82) is 0 Å². The SMILES string of the molecule is CO[C@@H]1O[C@H](COC(=O)c2ccccc2)[C@@H](O)[C@H](OC(=O)CCl)[C@H]1N1C(=O)c2ccccc2C1=O. The van der Waals surface area contributed by atoms with Crippen LogP contribution >= 0.6 is 11.6 Å². The maximum Gasteiger partial charge on any atom is 0.338 e. The van der Waals surface area contributed by atoms with Gasteiger partial charge in [-0.3, -0.25) is 19.3 Å². The highest BCUT2D eigenvalue weighted by Crippen LogP contribution is 2.34. The predicted octanol–water partition coefficient (Wildman–Crippen LogP) is 1.39. The molecular weight excluding hydrogens is 482 g/mol. The number of nitrogens with zero attached hydrogens (tertiary/aromatic N) is 1. The average Bonchev–Trinajstić information content (AvgIpc) is 3.14. The summed E-state index contributed by atoms with van der Waals surface area (Å²) in [5.74, 6) is -3.41. The topological polar surface area (TPSA) is 129 Å². The summed E-state index contributed by atoms with van der Waals surface area (Å²) in [6.07, 6.45) is -5.57. The molecule has 1 N–H and O–H groups in total. The van der Waals surface area contributed by atoms with Crippen molar-refractivity contribution in [3.8, 4) is 0 Å². The van der Waals surface area contributed by atoms with Crippen LogP contribution in [0.1, 0.15) is 31.1 Å². The van der Waals surface area contributed by atoms with E-state index in [2.05, 4.69) is 0 Å². The van der Waals surface area contributed by atoms with Crippen LogP contribution in [0.3, 0.4) is 0 Å². The van der Waals surface area contributed by atoms with Gasteiger partial charge in [-0.2, -0.15) is 0 Å². The number of ether oxygens (including phenoxy) is 4. The van der Waals surface area contributed by atoms with Gasteiger partial charge in [0.15, 0.2) is 12.4 Å². The summed E-state index contributed by atoms with van der Waals surface area (Å²) in [5.41, 5.74) is 0.599. The first-order chi connectivity index (χ1) is 16.9. The quantitative estimate of drug-likeness (QED) is 0.338. The number of esters is 2. The zero-order chi connectivity index (χ0) is 25.1. The lowest BCUT2D eigenvalue weighted by atomic mass is 9.95. The van der Waals surface area contributed by atoms with Crippen LogP contribution in [-0.4, -0.2) is 84.0 Å². The summed E-state index contributed by atoms with van der Waals surface area (Å²) < 4.78 is 21.8. The summed E-state index contributed by atoms with van der Waals surface area (Å²) in [5, 5.41) is 11.0. The highest BCUT2D eigenvalue weighted by atomic mass is 35.5. The lowest BCUT2D eigenvalue weighted by Crippen LogP contribution is -2.66. The van der Waals surface area contributed by atoms with Gasteiger partial charge in [0.05, 0.1) is 16.7 Å². The second-order valence-electron chi connectivity index (χ2n) is 7.84. The second kappa shape index (κ2) is 10.5. The monoisotopic (exact) mass is 503 g/mol. The maximum absolute atomic E-state index is 13.1. The minimum atomic E-state index is -1.59. The van der Waals surface area contributed by atoms with Crippen molar-refractivity contribution >= 4 is 35.4 Å². The number of halogens is 1. The van der Waals surface area contributed by atoms with Gasteiger partial charge in [0.2, 0.25) is 0 Å². The Bertz CT molecular complexity index is 1090. The van der Waals surface area contributed by atoms with Crippen LogP contribution in [0.4, 0.5) is 0 Å². The zero-order valence-corrected chi connectivity index (χ0v) is 19.3. The molecule has 2 aliphatic rings. The van der Waals surface area contributed by atoms with Gasteiger partial charge >= 0.3 is 11.9 Å². The summed E-state index contributed by atoms with van der Waals surface area (Å²) in [4.78, 5) is 51.5. The number of alkyl halides is 1. The summed E-state index contributed by atoms with van der Waals surface area (Å²) in [7, 11) is 1.26. The Morgan fingerprint density at radius 3 is 2.20 bits per heavy atom. The Hall–Kier alpha value is -3.31. The van der Waals surface area contributed by atoms with Gasteiger partial charge < -0.3 is 24.1 Å². The van der Waals surface area contributed by atoms with Crippen molar-refractivity contribution < 1.29 is 43.2 Å². The molecule has 0 bridgehead atoms. The molecule has 2 amide bonds. The van der Waals surface area contributed by atoms with Crippen LogP contribution in [0, 0.1) is 0 Å². The van der Waals surface area contributed by atoms with Crippen molar-refractivity contribution in [2.45, 2.75) is 30.6 Å². The molecule has 2 aromatic rings. The van der Waals surface area contributed by atoms with Gasteiger partial charge in [-0.1, -0.05) is 30.3 Å². The highest BCUT2D eigenvalue weighted by molar-refractivity contribution is 6.26. The second-order valence-corrected chi connectivity index (χ2v) is 8.11. The molecule has 0 radical (unpaired) electrons. The molecule has 0 saturated carbocycles. The minimum absolute atomic E-state index is 0.156. The summed E-state index contributed by atoms with van der Waals surface area (Å²) >= 11 is 5.60. The standard InChI is InChI=1S/C24H22ClNO9/c1-32-24-18(26-21(29)14-9-5-6-10-15(14)22(26)30)20(35-17(27)11-25)19(28)16(34-24)12-33-23(31)13-7-3-2-4-8-13/h2-10,16,18-20,24,28H,11-12H2,1H3/t16-,18-,19-,20-,24-/m1/s1. The van der Waals surface area contributed by atoms with Gasteiger partial charge in [0.25, 0.3) is 11.8 Å². The molecule has 1 fully saturated rings. The number of benzene rings is 2. The minimum Gasteiger partial charge on any atom is -0.459 e. The third-order valence-electron chi connectivity index (χ3n) is 5.76. The number of hydrogen-bond donors (Lipinski definition) is 1. The molecule has 2 aromatic carbocycles. The van der Waals surface area contributed by atoms with Crippen molar-refractivity contribution in [3.05, 3.63) is 71.3 Å². The van der Waals surface area contributed by atoms with Gasteiger partial charge in [-0.15, -0.1) is 11.6 Å². The van der Waals surface area contributed by atoms with Gasteiger partial charge in [-0.25, -0.2) is 4.79 Å². The van der Waals surface area contributed by atoms with Crippen LogP contribution in [-0.2, 0) is 23.7 Å². The molecule has 2 aliphatic heterocycles. The molecule has 4 rings (SSSR count). The van der Waals surface area contributed by atoms with E-state index in [1.807, 2.05) is 0 Å². The van der Waals surface area contributed by atoms with Crippen molar-refractivity contribution in [1.82, 2.24) is 4.90 Å². The molecule has 0 aromatic heterocycles. The fourth-order valence-corrected chi connectivity index (χ4v) is 4.18. The molecule has 10 nitrogen and oxygen atoms in total. The molecular formula is C24H22ClNO9. The number of amides is 2. The number of hydrogen-bond acceptors (Lipinski definition) is 9. The Labute approximate surface area is 205 Å². The van der Waals surface area contributed by atoms with Crippen LogP contribution in [0.2, 0.25) is 0 Å². The van der Waals surface area contributed by atoms with Gasteiger partial charge in [0.1, 0.15) is 30.7 Å². The van der Waals surface area contributed by atoms with E-state index in [9.17, 15) is 24.3 Å². The van der Waals surface area contributed by atoms with Crippen LogP contribution < -0.4 is 0 Å². The molecule has 184 valence electrons. The third-order valence-corrected chi connectivity index (χ3v) is 5.98. The highest BCUT2D eigenvalue weighted by Gasteiger charge is 2.55. The third kappa shape index (κ3) is 4.78. The van der Waals surface area contributed by atoms with Crippen molar-refractivity contribution in [2.75, 3.05) is 19.6 Å². The summed E-state index contributed by atoms with van der Waals surface area (Å²) in [6.45, 7) is -0.418. The lowest BCUT2D eigenvalue weighted by Gasteiger charge is -2.45. The predicted molar refractivity (Wildman–Crippen MR) is 120 cm³/mol. The Kier molecular flexibility index (Phi) is 7.46. The van der Waals surface area contributed by atoms with Crippen LogP contribution in [0.15, 0.2) is 54.6 Å². The molecule has 11 heteroatoms. The van der Waals surface area contributed by atoms with Crippen LogP contribution in [0.5, 0.6) is 0 Å². The fourth-order valence-electron chi connectivity index (χ4n) is 4.12. The van der Waals surface area contributed by atoms with Crippen molar-refractivity contribution in [3.63, 3.8) is 0 Å². The molecule has 5 atom stereocenters. The number of aliphatic hydroxyl groups is 1. The van der Waals surface area contributed by atoms with E-state index in [0.29, 0.717) is 0 Å². The number of aliphatic hydroxyl groups excluding tert-OH is 1. The first kappa shape index (κ1) is 24.8. The van der Waals surface area contributed by atoms with E-state index in [4.69, 9.17) is 30.5 Å². The Morgan fingerprint density at radius 1 is 1.03 bits per heavy atom. The van der Waals surface area contributed by atoms with E-state index in [1.54, 1.807) is 42.5 Å². The fraction of sp³-hybridized carbons (Fsp3) is 0.333. The number of imide groups is 1. The zero-order valence-electron chi connectivity index (χ0n) is 18.5. The molecule has 2 heterocycles. The average molecular weight is 504 g/mol. The first-order valence-electron chi connectivity index (χ1n) is 10.7. The van der Waals surface area contributed by atoms with E-state index in [0.717, 1.165) is 4.90 Å². The Balaban J connectivity index is 1.60. The maximum atomic E-state index is 13.1. The largest absolute Gasteiger partial charge is 0.459 e. The molecule has 0 unspecified atom stereocenters. The van der Waals surface area contributed by atoms with Gasteiger partial charge in [-0.05, 0) is 24.3 Å². The Morgan fingerprint density at radius 2 is 1.63 bits per heavy atom. The lowest BCUT2D eigenvalue weighted by molar-refractivity contribution is -0.275. The van der Waals surface area contributed by atoms with Crippen LogP contribution in [0.25, 0.3) is 0 Å². The van der Waals surface area contributed by atoms with E-state index in [1.165, 1.54) is 19.2 Å². The van der Waals surface area contributed by atoms with E-state index < -0.39 is 66.9 Å². The molecule has 35 heavy (non-hydrogen) atoms. The molecule has 1 saturated heterocycles.